The summed E-state index contributed by atoms with van der Waals surface area (Å²) < 4.78 is 1.71. The SMILES string of the molecule is CCCCN(C(=O)c1cc(Br)ccc1Br)c1ccccc1. The molecular formula is C17H17Br2NO. The molecule has 0 aliphatic carbocycles. The number of benzene rings is 2. The molecule has 2 aromatic rings. The third-order valence-corrected chi connectivity index (χ3v) is 4.39. The minimum atomic E-state index is 0.0165. The lowest BCUT2D eigenvalue weighted by Crippen LogP contribution is -2.32. The Labute approximate surface area is 142 Å². The summed E-state index contributed by atoms with van der Waals surface area (Å²) >= 11 is 6.90. The van der Waals surface area contributed by atoms with E-state index in [-0.39, 0.29) is 5.91 Å². The summed E-state index contributed by atoms with van der Waals surface area (Å²) in [6.45, 7) is 2.85. The van der Waals surface area contributed by atoms with Crippen molar-refractivity contribution in [2.24, 2.45) is 0 Å². The molecule has 0 saturated heterocycles. The number of carbonyl (C=O) groups excluding carboxylic acids is 1. The van der Waals surface area contributed by atoms with Gasteiger partial charge in [0, 0.05) is 21.2 Å². The first-order valence-corrected chi connectivity index (χ1v) is 8.54. The predicted octanol–water partition coefficient (Wildman–Crippen LogP) is 5.66. The monoisotopic (exact) mass is 409 g/mol. The highest BCUT2D eigenvalue weighted by Gasteiger charge is 2.19. The highest BCUT2D eigenvalue weighted by molar-refractivity contribution is 9.11. The Morgan fingerprint density at radius 3 is 2.48 bits per heavy atom. The predicted molar refractivity (Wildman–Crippen MR) is 94.9 cm³/mol. The van der Waals surface area contributed by atoms with Crippen LogP contribution in [0.3, 0.4) is 0 Å². The van der Waals surface area contributed by atoms with Crippen molar-refractivity contribution in [1.29, 1.82) is 0 Å². The maximum atomic E-state index is 12.9. The molecular weight excluding hydrogens is 394 g/mol. The standard InChI is InChI=1S/C17H17Br2NO/c1-2-3-11-20(14-7-5-4-6-8-14)17(21)15-12-13(18)9-10-16(15)19/h4-10,12H,2-3,11H2,1H3. The number of halogens is 2. The molecule has 4 heteroatoms. The van der Waals surface area contributed by atoms with Crippen molar-refractivity contribution in [3.05, 3.63) is 63.0 Å². The molecule has 21 heavy (non-hydrogen) atoms. The fourth-order valence-corrected chi connectivity index (χ4v) is 2.86. The van der Waals surface area contributed by atoms with Crippen molar-refractivity contribution >= 4 is 43.5 Å². The number of para-hydroxylation sites is 1. The highest BCUT2D eigenvalue weighted by atomic mass is 79.9. The zero-order valence-electron chi connectivity index (χ0n) is 11.9. The van der Waals surface area contributed by atoms with Crippen LogP contribution in [0.1, 0.15) is 30.1 Å². The number of hydrogen-bond acceptors (Lipinski definition) is 1. The molecule has 2 aromatic carbocycles. The van der Waals surface area contributed by atoms with E-state index in [4.69, 9.17) is 0 Å². The lowest BCUT2D eigenvalue weighted by atomic mass is 10.1. The van der Waals surface area contributed by atoms with Crippen LogP contribution in [0.4, 0.5) is 5.69 Å². The number of rotatable bonds is 5. The Bertz CT molecular complexity index is 613. The van der Waals surface area contributed by atoms with Crippen molar-refractivity contribution in [2.45, 2.75) is 19.8 Å². The summed E-state index contributed by atoms with van der Waals surface area (Å²) in [5.41, 5.74) is 1.60. The number of nitrogens with zero attached hydrogens (tertiary/aromatic N) is 1. The first kappa shape index (κ1) is 16.2. The topological polar surface area (TPSA) is 20.3 Å². The Hall–Kier alpha value is -1.13. The van der Waals surface area contributed by atoms with Crippen LogP contribution >= 0.6 is 31.9 Å². The first-order chi connectivity index (χ1) is 10.1. The molecule has 0 unspecified atom stereocenters. The summed E-state index contributed by atoms with van der Waals surface area (Å²) in [6.07, 6.45) is 2.03. The quantitative estimate of drug-likeness (QED) is 0.622. The Morgan fingerprint density at radius 1 is 1.10 bits per heavy atom. The first-order valence-electron chi connectivity index (χ1n) is 6.95. The van der Waals surface area contributed by atoms with Gasteiger partial charge in [-0.25, -0.2) is 0 Å². The molecule has 0 bridgehead atoms. The summed E-state index contributed by atoms with van der Waals surface area (Å²) in [5.74, 6) is 0.0165. The highest BCUT2D eigenvalue weighted by Crippen LogP contribution is 2.25. The molecule has 0 spiro atoms. The summed E-state index contributed by atoms with van der Waals surface area (Å²) in [7, 11) is 0. The Kier molecular flexibility index (Phi) is 6.00. The van der Waals surface area contributed by atoms with Gasteiger partial charge in [-0.15, -0.1) is 0 Å². The van der Waals surface area contributed by atoms with E-state index in [0.29, 0.717) is 5.56 Å². The van der Waals surface area contributed by atoms with Crippen LogP contribution in [0.25, 0.3) is 0 Å². The van der Waals surface area contributed by atoms with E-state index in [2.05, 4.69) is 38.8 Å². The Morgan fingerprint density at radius 2 is 1.81 bits per heavy atom. The average molecular weight is 411 g/mol. The Balaban J connectivity index is 2.36. The van der Waals surface area contributed by atoms with Gasteiger partial charge in [0.05, 0.1) is 5.56 Å². The van der Waals surface area contributed by atoms with E-state index in [1.807, 2.05) is 53.4 Å². The second-order valence-corrected chi connectivity index (χ2v) is 6.54. The molecule has 0 fully saturated rings. The zero-order chi connectivity index (χ0) is 15.2. The van der Waals surface area contributed by atoms with Crippen LogP contribution in [0.2, 0.25) is 0 Å². The number of unbranched alkanes of at least 4 members (excludes halogenated alkanes) is 1. The average Bonchev–Trinajstić information content (AvgIpc) is 2.51. The lowest BCUT2D eigenvalue weighted by Gasteiger charge is -2.23. The van der Waals surface area contributed by atoms with Crippen LogP contribution in [0.5, 0.6) is 0 Å². The third kappa shape index (κ3) is 4.17. The third-order valence-electron chi connectivity index (χ3n) is 3.21. The van der Waals surface area contributed by atoms with Gasteiger partial charge in [-0.2, -0.15) is 0 Å². The molecule has 0 atom stereocenters. The van der Waals surface area contributed by atoms with Gasteiger partial charge in [0.1, 0.15) is 0 Å². The molecule has 0 aliphatic heterocycles. The maximum Gasteiger partial charge on any atom is 0.259 e. The van der Waals surface area contributed by atoms with Crippen molar-refractivity contribution in [3.63, 3.8) is 0 Å². The molecule has 0 aliphatic rings. The number of amides is 1. The van der Waals surface area contributed by atoms with Gasteiger partial charge in [-0.1, -0.05) is 47.5 Å². The minimum absolute atomic E-state index is 0.0165. The van der Waals surface area contributed by atoms with Crippen LogP contribution in [-0.4, -0.2) is 12.5 Å². The van der Waals surface area contributed by atoms with Crippen LogP contribution in [-0.2, 0) is 0 Å². The van der Waals surface area contributed by atoms with Gasteiger partial charge in [0.15, 0.2) is 0 Å². The van der Waals surface area contributed by atoms with Gasteiger partial charge < -0.3 is 4.90 Å². The molecule has 0 N–H and O–H groups in total. The van der Waals surface area contributed by atoms with Crippen LogP contribution < -0.4 is 4.90 Å². The molecule has 1 amide bonds. The normalized spacial score (nSPS) is 10.4. The number of anilines is 1. The molecule has 0 saturated carbocycles. The minimum Gasteiger partial charge on any atom is -0.308 e. The van der Waals surface area contributed by atoms with E-state index >= 15 is 0 Å². The van der Waals surface area contributed by atoms with Gasteiger partial charge in [0.2, 0.25) is 0 Å². The molecule has 2 nitrogen and oxygen atoms in total. The van der Waals surface area contributed by atoms with Gasteiger partial charge >= 0.3 is 0 Å². The molecule has 0 radical (unpaired) electrons. The fraction of sp³-hybridized carbons (Fsp3) is 0.235. The van der Waals surface area contributed by atoms with Gasteiger partial charge in [-0.3, -0.25) is 4.79 Å². The molecule has 0 aromatic heterocycles. The molecule has 2 rings (SSSR count). The lowest BCUT2D eigenvalue weighted by molar-refractivity contribution is 0.0986. The van der Waals surface area contributed by atoms with Gasteiger partial charge in [-0.05, 0) is 52.7 Å². The van der Waals surface area contributed by atoms with Crippen molar-refractivity contribution in [1.82, 2.24) is 0 Å². The van der Waals surface area contributed by atoms with Crippen molar-refractivity contribution in [2.75, 3.05) is 11.4 Å². The van der Waals surface area contributed by atoms with Gasteiger partial charge in [0.25, 0.3) is 5.91 Å². The van der Waals surface area contributed by atoms with E-state index in [1.165, 1.54) is 0 Å². The zero-order valence-corrected chi connectivity index (χ0v) is 15.0. The van der Waals surface area contributed by atoms with E-state index < -0.39 is 0 Å². The summed E-state index contributed by atoms with van der Waals surface area (Å²) in [4.78, 5) is 14.7. The second-order valence-electron chi connectivity index (χ2n) is 4.77. The van der Waals surface area contributed by atoms with Crippen LogP contribution in [0.15, 0.2) is 57.5 Å². The van der Waals surface area contributed by atoms with E-state index in [1.54, 1.807) is 0 Å². The van der Waals surface area contributed by atoms with E-state index in [0.717, 1.165) is 34.0 Å². The van der Waals surface area contributed by atoms with Crippen molar-refractivity contribution in [3.8, 4) is 0 Å². The number of hydrogen-bond donors (Lipinski definition) is 0. The molecule has 110 valence electrons. The largest absolute Gasteiger partial charge is 0.308 e. The smallest absolute Gasteiger partial charge is 0.259 e. The number of carbonyl (C=O) groups is 1. The van der Waals surface area contributed by atoms with Crippen molar-refractivity contribution < 1.29 is 4.79 Å². The summed E-state index contributed by atoms with van der Waals surface area (Å²) in [5, 5.41) is 0. The second kappa shape index (κ2) is 7.76. The fourth-order valence-electron chi connectivity index (χ4n) is 2.08. The maximum absolute atomic E-state index is 12.9. The van der Waals surface area contributed by atoms with Crippen LogP contribution in [0, 0.1) is 0 Å². The summed E-state index contributed by atoms with van der Waals surface area (Å²) in [6, 6.07) is 15.5. The molecule has 0 heterocycles. The van der Waals surface area contributed by atoms with E-state index in [9.17, 15) is 4.79 Å².